The Labute approximate surface area is 169 Å². The molecule has 0 aromatic heterocycles. The van der Waals surface area contributed by atoms with Crippen molar-refractivity contribution in [3.8, 4) is 5.75 Å². The monoisotopic (exact) mass is 395 g/mol. The van der Waals surface area contributed by atoms with E-state index in [1.165, 1.54) is 0 Å². The first kappa shape index (κ1) is 18.8. The predicted molar refractivity (Wildman–Crippen MR) is 109 cm³/mol. The Morgan fingerprint density at radius 1 is 1.07 bits per heavy atom. The quantitative estimate of drug-likeness (QED) is 0.813. The second kappa shape index (κ2) is 7.80. The maximum atomic E-state index is 13.1. The third kappa shape index (κ3) is 3.57. The summed E-state index contributed by atoms with van der Waals surface area (Å²) in [6, 6.07) is 15.3. The van der Waals surface area contributed by atoms with Gasteiger partial charge in [0.25, 0.3) is 0 Å². The molecule has 1 aliphatic carbocycles. The maximum Gasteiger partial charge on any atom is 0.225 e. The highest BCUT2D eigenvalue weighted by Crippen LogP contribution is 2.44. The lowest BCUT2D eigenvalue weighted by Crippen LogP contribution is -2.38. The Bertz CT molecular complexity index is 966. The number of hydrogen-bond donors (Lipinski definition) is 1. The van der Waals surface area contributed by atoms with Crippen LogP contribution in [0.1, 0.15) is 49.1 Å². The Morgan fingerprint density at radius 2 is 1.89 bits per heavy atom. The van der Waals surface area contributed by atoms with E-state index in [9.17, 15) is 9.59 Å². The van der Waals surface area contributed by atoms with Gasteiger partial charge in [0.05, 0.1) is 6.61 Å². The summed E-state index contributed by atoms with van der Waals surface area (Å²) in [6.45, 7) is 2.50. The third-order valence-corrected chi connectivity index (χ3v) is 5.80. The van der Waals surface area contributed by atoms with E-state index >= 15 is 0 Å². The van der Waals surface area contributed by atoms with Crippen molar-refractivity contribution in [3.63, 3.8) is 0 Å². The van der Waals surface area contributed by atoms with Crippen molar-refractivity contribution in [3.05, 3.63) is 76.0 Å². The smallest absolute Gasteiger partial charge is 0.225 e. The summed E-state index contributed by atoms with van der Waals surface area (Å²) < 4.78 is 5.60. The van der Waals surface area contributed by atoms with Crippen LogP contribution in [0.25, 0.3) is 0 Å². The number of carbonyl (C=O) groups excluding carboxylic acids is 2. The Balaban J connectivity index is 1.71. The Morgan fingerprint density at radius 3 is 2.68 bits per heavy atom. The van der Waals surface area contributed by atoms with Gasteiger partial charge in [0.15, 0.2) is 5.78 Å². The summed E-state index contributed by atoms with van der Waals surface area (Å²) in [7, 11) is 0. The maximum absolute atomic E-state index is 13.1. The average Bonchev–Trinajstić information content (AvgIpc) is 2.68. The van der Waals surface area contributed by atoms with Crippen LogP contribution in [-0.2, 0) is 9.59 Å². The van der Waals surface area contributed by atoms with E-state index in [1.54, 1.807) is 0 Å². The molecular formula is C23H22ClNO3. The number of nitrogens with one attached hydrogen (secondary N) is 1. The van der Waals surface area contributed by atoms with Gasteiger partial charge in [-0.05, 0) is 48.6 Å². The van der Waals surface area contributed by atoms with Crippen LogP contribution < -0.4 is 10.1 Å². The molecule has 1 heterocycles. The van der Waals surface area contributed by atoms with Gasteiger partial charge in [-0.3, -0.25) is 9.59 Å². The minimum Gasteiger partial charge on any atom is -0.494 e. The molecule has 0 saturated carbocycles. The number of ether oxygens (including phenoxy) is 1. The number of Topliss-reactive ketones (excluding diaryl/α,β-unsaturated/α-hetero) is 1. The lowest BCUT2D eigenvalue weighted by molar-refractivity contribution is -0.122. The molecule has 2 unspecified atom stereocenters. The van der Waals surface area contributed by atoms with Crippen LogP contribution in [0.3, 0.4) is 0 Å². The third-order valence-electron chi connectivity index (χ3n) is 5.45. The predicted octanol–water partition coefficient (Wildman–Crippen LogP) is 4.74. The van der Waals surface area contributed by atoms with Crippen molar-refractivity contribution < 1.29 is 14.3 Å². The molecule has 0 spiro atoms. The van der Waals surface area contributed by atoms with Gasteiger partial charge in [0.2, 0.25) is 5.91 Å². The van der Waals surface area contributed by atoms with Crippen LogP contribution in [0, 0.1) is 0 Å². The molecule has 0 bridgehead atoms. The molecule has 2 aliphatic rings. The number of amides is 1. The van der Waals surface area contributed by atoms with Gasteiger partial charge < -0.3 is 10.1 Å². The topological polar surface area (TPSA) is 55.4 Å². The minimum absolute atomic E-state index is 0.0197. The minimum atomic E-state index is -0.233. The van der Waals surface area contributed by atoms with Gasteiger partial charge in [-0.15, -0.1) is 0 Å². The molecule has 0 saturated heterocycles. The van der Waals surface area contributed by atoms with Crippen LogP contribution in [0.4, 0.5) is 0 Å². The number of rotatable bonds is 4. The van der Waals surface area contributed by atoms with E-state index in [-0.39, 0.29) is 29.9 Å². The van der Waals surface area contributed by atoms with Gasteiger partial charge in [0.1, 0.15) is 5.75 Å². The second-order valence-electron chi connectivity index (χ2n) is 7.25. The lowest BCUT2D eigenvalue weighted by Gasteiger charge is -2.34. The van der Waals surface area contributed by atoms with Crippen molar-refractivity contribution in [2.75, 3.05) is 6.61 Å². The molecule has 144 valence electrons. The highest BCUT2D eigenvalue weighted by atomic mass is 35.5. The highest BCUT2D eigenvalue weighted by molar-refractivity contribution is 6.31. The van der Waals surface area contributed by atoms with E-state index in [4.69, 9.17) is 16.3 Å². The van der Waals surface area contributed by atoms with Gasteiger partial charge in [-0.2, -0.15) is 0 Å². The van der Waals surface area contributed by atoms with Crippen LogP contribution in [0.15, 0.2) is 59.8 Å². The molecule has 2 aromatic rings. The molecule has 28 heavy (non-hydrogen) atoms. The SMILES string of the molecule is CCOc1cccc(C2CC(=O)NC3=C2C(=O)CC(c2ccccc2Cl)C3)c1. The molecule has 2 aromatic carbocycles. The summed E-state index contributed by atoms with van der Waals surface area (Å²) >= 11 is 6.35. The fourth-order valence-corrected chi connectivity index (χ4v) is 4.55. The molecule has 1 amide bonds. The van der Waals surface area contributed by atoms with Gasteiger partial charge in [-0.25, -0.2) is 0 Å². The zero-order valence-electron chi connectivity index (χ0n) is 15.7. The van der Waals surface area contributed by atoms with Crippen molar-refractivity contribution in [1.82, 2.24) is 5.32 Å². The van der Waals surface area contributed by atoms with Crippen molar-refractivity contribution in [2.45, 2.75) is 38.0 Å². The second-order valence-corrected chi connectivity index (χ2v) is 7.66. The summed E-state index contributed by atoms with van der Waals surface area (Å²) in [5.74, 6) is 0.527. The molecule has 5 heteroatoms. The van der Waals surface area contributed by atoms with Gasteiger partial charge in [0, 0.05) is 35.1 Å². The van der Waals surface area contributed by atoms with Crippen molar-refractivity contribution in [2.24, 2.45) is 0 Å². The van der Waals surface area contributed by atoms with Gasteiger partial charge in [-0.1, -0.05) is 41.9 Å². The standard InChI is InChI=1S/C23H22ClNO3/c1-2-28-16-7-5-6-14(10-16)18-13-22(27)25-20-11-15(12-21(26)23(18)20)17-8-3-4-9-19(17)24/h3-10,15,18H,2,11-13H2,1H3,(H,25,27). The largest absolute Gasteiger partial charge is 0.494 e. The summed E-state index contributed by atoms with van der Waals surface area (Å²) in [5, 5.41) is 3.61. The van der Waals surface area contributed by atoms with Crippen molar-refractivity contribution >= 4 is 23.3 Å². The summed E-state index contributed by atoms with van der Waals surface area (Å²) in [5.41, 5.74) is 3.37. The average molecular weight is 396 g/mol. The van der Waals surface area contributed by atoms with Crippen LogP contribution >= 0.6 is 11.6 Å². The van der Waals surface area contributed by atoms with Gasteiger partial charge >= 0.3 is 0 Å². The van der Waals surface area contributed by atoms with E-state index in [0.29, 0.717) is 24.5 Å². The number of halogens is 1. The number of allylic oxidation sites excluding steroid dienone is 2. The Hall–Kier alpha value is -2.59. The lowest BCUT2D eigenvalue weighted by atomic mass is 9.73. The van der Waals surface area contributed by atoms with Crippen molar-refractivity contribution in [1.29, 1.82) is 0 Å². The molecule has 2 atom stereocenters. The van der Waals surface area contributed by atoms with E-state index in [2.05, 4.69) is 5.32 Å². The fraction of sp³-hybridized carbons (Fsp3) is 0.304. The molecule has 4 nitrogen and oxygen atoms in total. The number of benzene rings is 2. The van der Waals surface area contributed by atoms with Crippen LogP contribution in [0.2, 0.25) is 5.02 Å². The molecule has 1 N–H and O–H groups in total. The fourth-order valence-electron chi connectivity index (χ4n) is 4.26. The van der Waals surface area contributed by atoms with Crippen LogP contribution in [-0.4, -0.2) is 18.3 Å². The molecule has 0 radical (unpaired) electrons. The van der Waals surface area contributed by atoms with E-state index < -0.39 is 0 Å². The molecule has 4 rings (SSSR count). The molecule has 1 aliphatic heterocycles. The number of hydrogen-bond acceptors (Lipinski definition) is 3. The summed E-state index contributed by atoms with van der Waals surface area (Å²) in [4.78, 5) is 25.6. The first-order valence-corrected chi connectivity index (χ1v) is 9.98. The number of ketones is 1. The normalized spacial score (nSPS) is 21.9. The van der Waals surface area contributed by atoms with E-state index in [0.717, 1.165) is 28.1 Å². The first-order chi connectivity index (χ1) is 13.6. The van der Waals surface area contributed by atoms with E-state index in [1.807, 2.05) is 55.5 Å². The number of carbonyl (C=O) groups is 2. The zero-order chi connectivity index (χ0) is 19.7. The Kier molecular flexibility index (Phi) is 5.23. The van der Waals surface area contributed by atoms with Crippen LogP contribution in [0.5, 0.6) is 5.75 Å². The zero-order valence-corrected chi connectivity index (χ0v) is 16.5. The summed E-state index contributed by atoms with van der Waals surface area (Å²) in [6.07, 6.45) is 1.29. The molecule has 0 fully saturated rings. The highest BCUT2D eigenvalue weighted by Gasteiger charge is 2.38. The molecular weight excluding hydrogens is 374 g/mol. The first-order valence-electron chi connectivity index (χ1n) is 9.60.